The number of thioether (sulfide) groups is 1. The minimum Gasteiger partial charge on any atom is -0.497 e. The molecule has 1 aliphatic heterocycles. The number of nitrogens with zero attached hydrogens (tertiary/aromatic N) is 1. The van der Waals surface area contributed by atoms with E-state index >= 15 is 0 Å². The average molecular weight is 369 g/mol. The molecule has 0 saturated carbocycles. The van der Waals surface area contributed by atoms with Gasteiger partial charge in [0.15, 0.2) is 5.78 Å². The Morgan fingerprint density at radius 2 is 1.69 bits per heavy atom. The summed E-state index contributed by atoms with van der Waals surface area (Å²) in [5.41, 5.74) is 0.771. The lowest BCUT2D eigenvalue weighted by atomic mass is 9.89. The summed E-state index contributed by atoms with van der Waals surface area (Å²) < 4.78 is 5.14. The van der Waals surface area contributed by atoms with Crippen molar-refractivity contribution in [3.63, 3.8) is 0 Å². The molecule has 2 aromatic rings. The van der Waals surface area contributed by atoms with Crippen molar-refractivity contribution < 1.29 is 14.3 Å². The predicted molar refractivity (Wildman–Crippen MR) is 104 cm³/mol. The van der Waals surface area contributed by atoms with Gasteiger partial charge in [0.2, 0.25) is 5.91 Å². The summed E-state index contributed by atoms with van der Waals surface area (Å²) in [7, 11) is 1.64. The van der Waals surface area contributed by atoms with Gasteiger partial charge in [-0.15, -0.1) is 11.8 Å². The molecule has 3 rings (SSSR count). The van der Waals surface area contributed by atoms with E-state index < -0.39 is 0 Å². The molecule has 1 heterocycles. The highest BCUT2D eigenvalue weighted by atomic mass is 32.2. The summed E-state index contributed by atoms with van der Waals surface area (Å²) in [5, 5.41) is 0. The Bertz CT molecular complexity index is 738. The summed E-state index contributed by atoms with van der Waals surface area (Å²) >= 11 is 1.53. The van der Waals surface area contributed by atoms with Crippen LogP contribution in [0.1, 0.15) is 23.2 Å². The number of benzene rings is 2. The molecule has 0 atom stereocenters. The van der Waals surface area contributed by atoms with Crippen LogP contribution >= 0.6 is 11.8 Å². The highest BCUT2D eigenvalue weighted by Gasteiger charge is 2.27. The Kier molecular flexibility index (Phi) is 6.34. The highest BCUT2D eigenvalue weighted by Crippen LogP contribution is 2.24. The molecule has 0 radical (unpaired) electrons. The largest absolute Gasteiger partial charge is 0.497 e. The number of hydrogen-bond donors (Lipinski definition) is 0. The van der Waals surface area contributed by atoms with Gasteiger partial charge in [-0.1, -0.05) is 30.3 Å². The molecule has 0 unspecified atom stereocenters. The molecule has 5 heteroatoms. The lowest BCUT2D eigenvalue weighted by molar-refractivity contribution is -0.129. The van der Waals surface area contributed by atoms with Crippen molar-refractivity contribution in [2.24, 2.45) is 5.92 Å². The molecule has 1 fully saturated rings. The number of methoxy groups -OCH3 is 1. The zero-order chi connectivity index (χ0) is 18.4. The van der Waals surface area contributed by atoms with Crippen molar-refractivity contribution in [3.8, 4) is 5.75 Å². The maximum Gasteiger partial charge on any atom is 0.232 e. The van der Waals surface area contributed by atoms with Crippen LogP contribution in [0.25, 0.3) is 0 Å². The van der Waals surface area contributed by atoms with Crippen molar-refractivity contribution in [3.05, 3.63) is 60.2 Å². The summed E-state index contributed by atoms with van der Waals surface area (Å²) in [6.45, 7) is 1.32. The first-order valence-corrected chi connectivity index (χ1v) is 9.80. The molecule has 0 N–H and O–H groups in total. The number of rotatable bonds is 6. The van der Waals surface area contributed by atoms with E-state index in [0.717, 1.165) is 29.1 Å². The van der Waals surface area contributed by atoms with E-state index in [1.54, 1.807) is 7.11 Å². The van der Waals surface area contributed by atoms with Gasteiger partial charge >= 0.3 is 0 Å². The number of likely N-dealkylation sites (tertiary alicyclic amines) is 1. The number of Topliss-reactive ketones (excluding diaryl/α,β-unsaturated/α-hetero) is 1. The van der Waals surface area contributed by atoms with Gasteiger partial charge in [-0.25, -0.2) is 0 Å². The fraction of sp³-hybridized carbons (Fsp3) is 0.333. The van der Waals surface area contributed by atoms with Crippen LogP contribution in [0.5, 0.6) is 5.75 Å². The molecule has 1 saturated heterocycles. The molecular weight excluding hydrogens is 346 g/mol. The number of ketones is 1. The second-order valence-electron chi connectivity index (χ2n) is 6.35. The SMILES string of the molecule is COc1ccc(SCC(=O)N2CCC(C(=O)c3ccccc3)CC2)cc1. The van der Waals surface area contributed by atoms with Crippen molar-refractivity contribution >= 4 is 23.5 Å². The Balaban J connectivity index is 1.46. The quantitative estimate of drug-likeness (QED) is 0.572. The second-order valence-corrected chi connectivity index (χ2v) is 7.40. The standard InChI is InChI=1S/C21H23NO3S/c1-25-18-7-9-19(10-8-18)26-15-20(23)22-13-11-17(12-14-22)21(24)16-5-3-2-4-6-16/h2-10,17H,11-15H2,1H3. The van der Waals surface area contributed by atoms with Gasteiger partial charge in [-0.05, 0) is 37.1 Å². The summed E-state index contributed by atoms with van der Waals surface area (Å²) in [5.74, 6) is 1.59. The van der Waals surface area contributed by atoms with E-state index in [9.17, 15) is 9.59 Å². The van der Waals surface area contributed by atoms with Gasteiger partial charge in [-0.3, -0.25) is 9.59 Å². The van der Waals surface area contributed by atoms with E-state index in [1.807, 2.05) is 59.5 Å². The fourth-order valence-corrected chi connectivity index (χ4v) is 3.94. The second kappa shape index (κ2) is 8.90. The van der Waals surface area contributed by atoms with Crippen molar-refractivity contribution in [2.75, 3.05) is 26.0 Å². The van der Waals surface area contributed by atoms with Gasteiger partial charge in [0.1, 0.15) is 5.75 Å². The van der Waals surface area contributed by atoms with Gasteiger partial charge in [0.25, 0.3) is 0 Å². The summed E-state index contributed by atoms with van der Waals surface area (Å²) in [6, 6.07) is 17.1. The molecule has 1 aliphatic rings. The van der Waals surface area contributed by atoms with E-state index in [0.29, 0.717) is 18.8 Å². The molecular formula is C21H23NO3S. The molecule has 0 bridgehead atoms. The number of piperidine rings is 1. The third-order valence-corrected chi connectivity index (χ3v) is 5.70. The average Bonchev–Trinajstić information content (AvgIpc) is 2.72. The normalized spacial score (nSPS) is 14.9. The van der Waals surface area contributed by atoms with Crippen LogP contribution in [-0.4, -0.2) is 42.5 Å². The third kappa shape index (κ3) is 4.67. The van der Waals surface area contributed by atoms with Crippen LogP contribution in [0.2, 0.25) is 0 Å². The first-order chi connectivity index (χ1) is 12.7. The Labute approximate surface area is 158 Å². The molecule has 136 valence electrons. The number of carbonyl (C=O) groups is 2. The van der Waals surface area contributed by atoms with Crippen LogP contribution in [0, 0.1) is 5.92 Å². The lowest BCUT2D eigenvalue weighted by Gasteiger charge is -2.31. The minimum absolute atomic E-state index is 0.0238. The van der Waals surface area contributed by atoms with Crippen LogP contribution in [0.4, 0.5) is 0 Å². The third-order valence-electron chi connectivity index (χ3n) is 4.70. The van der Waals surface area contributed by atoms with Crippen LogP contribution in [0.15, 0.2) is 59.5 Å². The van der Waals surface area contributed by atoms with E-state index in [2.05, 4.69) is 0 Å². The Morgan fingerprint density at radius 3 is 2.31 bits per heavy atom. The Morgan fingerprint density at radius 1 is 1.04 bits per heavy atom. The summed E-state index contributed by atoms with van der Waals surface area (Å²) in [6.07, 6.45) is 1.49. The van der Waals surface area contributed by atoms with Gasteiger partial charge in [0.05, 0.1) is 12.9 Å². The Hall–Kier alpha value is -2.27. The van der Waals surface area contributed by atoms with Crippen molar-refractivity contribution in [1.29, 1.82) is 0 Å². The molecule has 2 aromatic carbocycles. The van der Waals surface area contributed by atoms with E-state index in [-0.39, 0.29) is 17.6 Å². The first-order valence-electron chi connectivity index (χ1n) is 8.81. The maximum atomic E-state index is 12.5. The molecule has 26 heavy (non-hydrogen) atoms. The van der Waals surface area contributed by atoms with Crippen molar-refractivity contribution in [2.45, 2.75) is 17.7 Å². The minimum atomic E-state index is 0.0238. The number of carbonyl (C=O) groups excluding carboxylic acids is 2. The van der Waals surface area contributed by atoms with Crippen LogP contribution < -0.4 is 4.74 Å². The number of hydrogen-bond acceptors (Lipinski definition) is 4. The fourth-order valence-electron chi connectivity index (χ4n) is 3.14. The zero-order valence-electron chi connectivity index (χ0n) is 14.9. The van der Waals surface area contributed by atoms with Crippen LogP contribution in [0.3, 0.4) is 0 Å². The lowest BCUT2D eigenvalue weighted by Crippen LogP contribution is -2.41. The monoisotopic (exact) mass is 369 g/mol. The molecule has 0 aromatic heterocycles. The number of amides is 1. The topological polar surface area (TPSA) is 46.6 Å². The number of ether oxygens (including phenoxy) is 1. The van der Waals surface area contributed by atoms with Crippen molar-refractivity contribution in [1.82, 2.24) is 4.90 Å². The molecule has 1 amide bonds. The predicted octanol–water partition coefficient (Wildman–Crippen LogP) is 3.91. The summed E-state index contributed by atoms with van der Waals surface area (Å²) in [4.78, 5) is 27.9. The first kappa shape index (κ1) is 18.5. The van der Waals surface area contributed by atoms with Gasteiger partial charge in [-0.2, -0.15) is 0 Å². The molecule has 0 spiro atoms. The molecule has 0 aliphatic carbocycles. The maximum absolute atomic E-state index is 12.5. The van der Waals surface area contributed by atoms with E-state index in [4.69, 9.17) is 4.74 Å². The zero-order valence-corrected chi connectivity index (χ0v) is 15.7. The van der Waals surface area contributed by atoms with Gasteiger partial charge in [0, 0.05) is 29.5 Å². The molecule has 4 nitrogen and oxygen atoms in total. The highest BCUT2D eigenvalue weighted by molar-refractivity contribution is 8.00. The van der Waals surface area contributed by atoms with Crippen LogP contribution in [-0.2, 0) is 4.79 Å². The van der Waals surface area contributed by atoms with E-state index in [1.165, 1.54) is 11.8 Å². The van der Waals surface area contributed by atoms with Gasteiger partial charge < -0.3 is 9.64 Å². The smallest absolute Gasteiger partial charge is 0.232 e.